The van der Waals surface area contributed by atoms with Crippen LogP contribution >= 0.6 is 0 Å². The highest BCUT2D eigenvalue weighted by atomic mass is 15.4. The van der Waals surface area contributed by atoms with Crippen molar-refractivity contribution in [2.45, 2.75) is 290 Å². The van der Waals surface area contributed by atoms with Crippen LogP contribution in [0.2, 0.25) is 0 Å². The Balaban J connectivity index is 2.17. The van der Waals surface area contributed by atoms with Crippen molar-refractivity contribution >= 4 is 0 Å². The molecule has 1 heterocycles. The second-order valence-corrected chi connectivity index (χ2v) is 17.1. The van der Waals surface area contributed by atoms with Gasteiger partial charge in [0.2, 0.25) is 0 Å². The maximum absolute atomic E-state index is 2.74. The van der Waals surface area contributed by atoms with E-state index in [1.165, 1.54) is 276 Å². The third kappa shape index (κ3) is 32.5. The normalized spacial score (nSPS) is 14.5. The third-order valence-electron chi connectivity index (χ3n) is 12.1. The van der Waals surface area contributed by atoms with Crippen molar-refractivity contribution in [2.24, 2.45) is 0 Å². The molecule has 0 aromatic heterocycles. The monoisotopic (exact) mass is 715 g/mol. The molecule has 0 aromatic carbocycles. The van der Waals surface area contributed by atoms with Gasteiger partial charge in [0.05, 0.1) is 0 Å². The van der Waals surface area contributed by atoms with Crippen LogP contribution in [0, 0.1) is 0 Å². The quantitative estimate of drug-likeness (QED) is 0.0580. The summed E-state index contributed by atoms with van der Waals surface area (Å²) >= 11 is 0. The fourth-order valence-corrected chi connectivity index (χ4v) is 8.48. The molecule has 2 heteroatoms. The minimum absolute atomic E-state index is 0.636. The van der Waals surface area contributed by atoms with Gasteiger partial charge in [0.15, 0.2) is 0 Å². The Kier molecular flexibility index (Phi) is 38.4. The van der Waals surface area contributed by atoms with E-state index in [9.17, 15) is 0 Å². The van der Waals surface area contributed by atoms with Gasteiger partial charge in [0, 0.05) is 25.5 Å². The maximum Gasteiger partial charge on any atom is 0.101 e. The van der Waals surface area contributed by atoms with E-state index in [1.807, 2.05) is 0 Å². The molecule has 1 atom stereocenters. The molecule has 0 amide bonds. The van der Waals surface area contributed by atoms with Crippen molar-refractivity contribution in [3.8, 4) is 0 Å². The molecular formula is C49H98N2. The average Bonchev–Trinajstić information content (AvgIpc) is 3.53. The lowest BCUT2D eigenvalue weighted by molar-refractivity contribution is 0.135. The molecule has 0 radical (unpaired) electrons. The lowest BCUT2D eigenvalue weighted by atomic mass is 10.0. The van der Waals surface area contributed by atoms with Crippen LogP contribution in [0.25, 0.3) is 0 Å². The summed E-state index contributed by atoms with van der Waals surface area (Å²) in [4.78, 5) is 5.47. The molecule has 1 aliphatic rings. The zero-order chi connectivity index (χ0) is 36.6. The molecule has 51 heavy (non-hydrogen) atoms. The van der Waals surface area contributed by atoms with Crippen molar-refractivity contribution in [3.05, 3.63) is 12.4 Å². The van der Waals surface area contributed by atoms with Gasteiger partial charge in [0.1, 0.15) is 6.17 Å². The Hall–Kier alpha value is -0.660. The highest BCUT2D eigenvalue weighted by molar-refractivity contribution is 4.97. The van der Waals surface area contributed by atoms with Crippen LogP contribution in [0.15, 0.2) is 12.4 Å². The van der Waals surface area contributed by atoms with E-state index in [4.69, 9.17) is 0 Å². The lowest BCUT2D eigenvalue weighted by Crippen LogP contribution is -2.39. The number of hydrogen-bond acceptors (Lipinski definition) is 2. The molecule has 304 valence electrons. The number of rotatable bonds is 43. The third-order valence-corrected chi connectivity index (χ3v) is 12.1. The van der Waals surface area contributed by atoms with Crippen LogP contribution in [-0.2, 0) is 0 Å². The fraction of sp³-hybridized carbons (Fsp3) is 0.959. The molecule has 0 saturated carbocycles. The van der Waals surface area contributed by atoms with Crippen molar-refractivity contribution in [1.29, 1.82) is 0 Å². The fourth-order valence-electron chi connectivity index (χ4n) is 8.48. The summed E-state index contributed by atoms with van der Waals surface area (Å²) in [6.07, 6.45) is 64.9. The van der Waals surface area contributed by atoms with Crippen LogP contribution in [0.5, 0.6) is 0 Å². The van der Waals surface area contributed by atoms with Crippen molar-refractivity contribution in [3.63, 3.8) is 0 Å². The molecule has 1 rings (SSSR count). The van der Waals surface area contributed by atoms with E-state index >= 15 is 0 Å². The molecule has 0 bridgehead atoms. The Labute approximate surface area is 324 Å². The molecule has 0 N–H and O–H groups in total. The maximum atomic E-state index is 2.74. The topological polar surface area (TPSA) is 6.48 Å². The summed E-state index contributed by atoms with van der Waals surface area (Å²) in [5.41, 5.74) is 0. The van der Waals surface area contributed by atoms with E-state index in [-0.39, 0.29) is 0 Å². The summed E-state index contributed by atoms with van der Waals surface area (Å²) in [5, 5.41) is 0. The predicted octanol–water partition coefficient (Wildman–Crippen LogP) is 17.5. The molecule has 0 saturated heterocycles. The minimum Gasteiger partial charge on any atom is -0.356 e. The van der Waals surface area contributed by atoms with Gasteiger partial charge in [-0.15, -0.1) is 0 Å². The average molecular weight is 715 g/mol. The molecular weight excluding hydrogens is 617 g/mol. The first kappa shape index (κ1) is 48.4. The molecule has 2 nitrogen and oxygen atoms in total. The second-order valence-electron chi connectivity index (χ2n) is 17.1. The first-order chi connectivity index (χ1) is 25.3. The largest absolute Gasteiger partial charge is 0.356 e. The van der Waals surface area contributed by atoms with Gasteiger partial charge in [-0.1, -0.05) is 258 Å². The molecule has 1 unspecified atom stereocenters. The van der Waals surface area contributed by atoms with Gasteiger partial charge in [-0.3, -0.25) is 0 Å². The van der Waals surface area contributed by atoms with Crippen molar-refractivity contribution < 1.29 is 0 Å². The standard InChI is InChI=1S/C49H98N2/c1-4-7-10-13-16-19-22-24-25-26-27-29-31-34-37-40-43-46-51-48-47-50(45-42-39-36-33-21-18-15-12-9-6-3)49(51)44-41-38-35-32-30-28-23-20-17-14-11-8-5-2/h47-49H,4-46H2,1-3H3. The Bertz CT molecular complexity index is 673. The first-order valence-electron chi connectivity index (χ1n) is 24.5. The first-order valence-corrected chi connectivity index (χ1v) is 24.5. The molecule has 0 spiro atoms. The summed E-state index contributed by atoms with van der Waals surface area (Å²) < 4.78 is 0. The Morgan fingerprint density at radius 2 is 0.451 bits per heavy atom. The number of nitrogens with zero attached hydrogens (tertiary/aromatic N) is 2. The van der Waals surface area contributed by atoms with E-state index in [2.05, 4.69) is 43.0 Å². The molecule has 0 fully saturated rings. The van der Waals surface area contributed by atoms with Crippen LogP contribution in [-0.4, -0.2) is 29.1 Å². The second kappa shape index (κ2) is 40.5. The molecule has 0 aromatic rings. The summed E-state index contributed by atoms with van der Waals surface area (Å²) in [7, 11) is 0. The lowest BCUT2D eigenvalue weighted by Gasteiger charge is -2.33. The van der Waals surface area contributed by atoms with Gasteiger partial charge in [-0.05, 0) is 25.7 Å². The number of unbranched alkanes of at least 4 members (excludes halogenated alkanes) is 37. The Morgan fingerprint density at radius 3 is 0.686 bits per heavy atom. The van der Waals surface area contributed by atoms with E-state index in [1.54, 1.807) is 0 Å². The summed E-state index contributed by atoms with van der Waals surface area (Å²) in [5.74, 6) is 0. The van der Waals surface area contributed by atoms with Gasteiger partial charge >= 0.3 is 0 Å². The molecule has 0 aliphatic carbocycles. The van der Waals surface area contributed by atoms with Gasteiger partial charge in [0.25, 0.3) is 0 Å². The SMILES string of the molecule is CCCCCCCCCCCCCCCCCCCN1C=CN(CCCCCCCCCCCC)C1CCCCCCCCCCCCCCC. The van der Waals surface area contributed by atoms with Gasteiger partial charge in [-0.25, -0.2) is 0 Å². The van der Waals surface area contributed by atoms with E-state index in [0.29, 0.717) is 6.17 Å². The number of hydrogen-bond donors (Lipinski definition) is 0. The van der Waals surface area contributed by atoms with Crippen molar-refractivity contribution in [1.82, 2.24) is 9.80 Å². The predicted molar refractivity (Wildman–Crippen MR) is 233 cm³/mol. The summed E-state index contributed by atoms with van der Waals surface area (Å²) in [6.45, 7) is 9.49. The highest BCUT2D eigenvalue weighted by Gasteiger charge is 2.24. The van der Waals surface area contributed by atoms with E-state index in [0.717, 1.165) is 0 Å². The minimum atomic E-state index is 0.636. The van der Waals surface area contributed by atoms with Crippen LogP contribution in [0.4, 0.5) is 0 Å². The highest BCUT2D eigenvalue weighted by Crippen LogP contribution is 2.24. The van der Waals surface area contributed by atoms with Crippen LogP contribution < -0.4 is 0 Å². The van der Waals surface area contributed by atoms with Crippen molar-refractivity contribution in [2.75, 3.05) is 13.1 Å². The Morgan fingerprint density at radius 1 is 0.255 bits per heavy atom. The van der Waals surface area contributed by atoms with E-state index < -0.39 is 0 Å². The zero-order valence-electron chi connectivity index (χ0n) is 36.0. The molecule has 1 aliphatic heterocycles. The van der Waals surface area contributed by atoms with Crippen LogP contribution in [0.3, 0.4) is 0 Å². The van der Waals surface area contributed by atoms with Crippen LogP contribution in [0.1, 0.15) is 284 Å². The summed E-state index contributed by atoms with van der Waals surface area (Å²) in [6, 6.07) is 0. The van der Waals surface area contributed by atoms with Gasteiger partial charge in [-0.2, -0.15) is 0 Å². The smallest absolute Gasteiger partial charge is 0.101 e. The zero-order valence-corrected chi connectivity index (χ0v) is 36.0. The van der Waals surface area contributed by atoms with Gasteiger partial charge < -0.3 is 9.80 Å².